The van der Waals surface area contributed by atoms with Gasteiger partial charge in [0.1, 0.15) is 17.8 Å². The lowest BCUT2D eigenvalue weighted by Gasteiger charge is -2.20. The Kier molecular flexibility index (Phi) is 6.23. The highest BCUT2D eigenvalue weighted by atomic mass is 79.9. The molecule has 0 spiro atoms. The molecule has 0 fully saturated rings. The fraction of sp³-hybridized carbons (Fsp3) is 0.400. The van der Waals surface area contributed by atoms with Crippen molar-refractivity contribution in [2.24, 2.45) is 0 Å². The van der Waals surface area contributed by atoms with Crippen LogP contribution in [0, 0.1) is 0 Å². The van der Waals surface area contributed by atoms with Gasteiger partial charge in [-0.05, 0) is 54.4 Å². The molecule has 0 amide bonds. The number of halogens is 1. The molecule has 0 aliphatic carbocycles. The molecular formula is C15H18BrNO4. The number of hydrogen-bond acceptors (Lipinski definition) is 5. The van der Waals surface area contributed by atoms with Crippen LogP contribution < -0.4 is 0 Å². The third-order valence-corrected chi connectivity index (χ3v) is 2.67. The van der Waals surface area contributed by atoms with Crippen molar-refractivity contribution in [1.29, 1.82) is 0 Å². The number of methoxy groups -OCH3 is 1. The molecule has 0 saturated carbocycles. The fourth-order valence-electron chi connectivity index (χ4n) is 1.47. The Labute approximate surface area is 132 Å². The molecule has 0 radical (unpaired) electrons. The van der Waals surface area contributed by atoms with Crippen LogP contribution in [0.2, 0.25) is 0 Å². The van der Waals surface area contributed by atoms with Crippen LogP contribution in [0.4, 0.5) is 0 Å². The number of hydrogen-bond donors (Lipinski definition) is 0. The number of Topliss-reactive ketones (excluding diaryl/α,β-unsaturated/α-hetero) is 1. The summed E-state index contributed by atoms with van der Waals surface area (Å²) >= 11 is 3.29. The molecule has 1 aromatic rings. The van der Waals surface area contributed by atoms with Crippen molar-refractivity contribution in [3.8, 4) is 0 Å². The highest BCUT2D eigenvalue weighted by molar-refractivity contribution is 9.10. The quantitative estimate of drug-likeness (QED) is 0.351. The molecule has 0 bridgehead atoms. The monoisotopic (exact) mass is 355 g/mol. The number of esters is 1. The van der Waals surface area contributed by atoms with E-state index in [4.69, 9.17) is 9.47 Å². The number of ether oxygens (including phenoxy) is 2. The van der Waals surface area contributed by atoms with E-state index in [1.165, 1.54) is 13.2 Å². The number of carbonyl (C=O) groups excluding carboxylic acids is 2. The molecule has 0 unspecified atom stereocenters. The van der Waals surface area contributed by atoms with Gasteiger partial charge >= 0.3 is 5.97 Å². The summed E-state index contributed by atoms with van der Waals surface area (Å²) in [6.45, 7) is 5.03. The van der Waals surface area contributed by atoms with Crippen LogP contribution in [-0.4, -0.2) is 36.1 Å². The molecule has 0 atom stereocenters. The van der Waals surface area contributed by atoms with E-state index in [1.807, 2.05) is 0 Å². The van der Waals surface area contributed by atoms with Gasteiger partial charge in [0.05, 0.1) is 0 Å². The van der Waals surface area contributed by atoms with Gasteiger partial charge in [-0.15, -0.1) is 0 Å². The Morgan fingerprint density at radius 2 is 2.00 bits per heavy atom. The first-order valence-corrected chi connectivity index (χ1v) is 7.10. The average Bonchev–Trinajstić information content (AvgIpc) is 2.34. The smallest absolute Gasteiger partial charge is 0.342 e. The second-order valence-electron chi connectivity index (χ2n) is 5.35. The van der Waals surface area contributed by atoms with Crippen molar-refractivity contribution in [1.82, 2.24) is 4.98 Å². The fourth-order valence-corrected chi connectivity index (χ4v) is 1.85. The Balaban J connectivity index is 3.13. The average molecular weight is 356 g/mol. The molecule has 6 heteroatoms. The number of carbonyl (C=O) groups is 2. The van der Waals surface area contributed by atoms with E-state index in [9.17, 15) is 9.59 Å². The highest BCUT2D eigenvalue weighted by Crippen LogP contribution is 2.17. The Morgan fingerprint density at radius 1 is 1.33 bits per heavy atom. The molecular weight excluding hydrogens is 338 g/mol. The molecule has 0 saturated heterocycles. The summed E-state index contributed by atoms with van der Waals surface area (Å²) in [5, 5.41) is 0. The third-order valence-electron chi connectivity index (χ3n) is 2.23. The van der Waals surface area contributed by atoms with Gasteiger partial charge < -0.3 is 9.47 Å². The number of aromatic nitrogens is 1. The van der Waals surface area contributed by atoms with Crippen molar-refractivity contribution < 1.29 is 19.1 Å². The second-order valence-corrected chi connectivity index (χ2v) is 6.27. The van der Waals surface area contributed by atoms with E-state index in [2.05, 4.69) is 20.9 Å². The van der Waals surface area contributed by atoms with Crippen LogP contribution in [0.5, 0.6) is 0 Å². The zero-order chi connectivity index (χ0) is 16.0. The topological polar surface area (TPSA) is 65.5 Å². The summed E-state index contributed by atoms with van der Waals surface area (Å²) in [6.07, 6.45) is 4.61. The van der Waals surface area contributed by atoms with Crippen LogP contribution in [-0.2, 0) is 19.1 Å². The van der Waals surface area contributed by atoms with Crippen LogP contribution in [0.1, 0.15) is 26.3 Å². The Morgan fingerprint density at radius 3 is 2.52 bits per heavy atom. The summed E-state index contributed by atoms with van der Waals surface area (Å²) in [6, 6.07) is 1.75. The predicted molar refractivity (Wildman–Crippen MR) is 82.6 cm³/mol. The summed E-state index contributed by atoms with van der Waals surface area (Å²) in [4.78, 5) is 28.2. The Bertz CT molecular complexity index is 561. The molecule has 1 aromatic heterocycles. The second kappa shape index (κ2) is 7.47. The number of pyridine rings is 1. The minimum atomic E-state index is -0.682. The molecule has 0 N–H and O–H groups in total. The lowest BCUT2D eigenvalue weighted by molar-refractivity contribution is -0.150. The maximum atomic E-state index is 12.2. The summed E-state index contributed by atoms with van der Waals surface area (Å²) in [5.41, 5.74) is -0.125. The zero-order valence-corrected chi connectivity index (χ0v) is 14.1. The van der Waals surface area contributed by atoms with Gasteiger partial charge in [0, 0.05) is 24.0 Å². The third kappa shape index (κ3) is 6.18. The van der Waals surface area contributed by atoms with E-state index in [0.717, 1.165) is 4.47 Å². The van der Waals surface area contributed by atoms with Crippen molar-refractivity contribution in [3.63, 3.8) is 0 Å². The van der Waals surface area contributed by atoms with Crippen LogP contribution in [0.3, 0.4) is 0 Å². The molecule has 1 rings (SSSR count). The van der Waals surface area contributed by atoms with Gasteiger partial charge in [-0.1, -0.05) is 0 Å². The maximum absolute atomic E-state index is 12.2. The van der Waals surface area contributed by atoms with Gasteiger partial charge in [-0.2, -0.15) is 0 Å². The lowest BCUT2D eigenvalue weighted by Crippen LogP contribution is -2.28. The van der Waals surface area contributed by atoms with Crippen LogP contribution >= 0.6 is 15.9 Å². The summed E-state index contributed by atoms with van der Waals surface area (Å²) in [7, 11) is 1.39. The van der Waals surface area contributed by atoms with Gasteiger partial charge in [0.15, 0.2) is 5.78 Å². The van der Waals surface area contributed by atoms with Gasteiger partial charge in [0.25, 0.3) is 0 Å². The molecule has 21 heavy (non-hydrogen) atoms. The number of ketones is 1. The van der Waals surface area contributed by atoms with E-state index >= 15 is 0 Å². The van der Waals surface area contributed by atoms with Crippen LogP contribution in [0.25, 0.3) is 6.08 Å². The van der Waals surface area contributed by atoms with E-state index in [1.54, 1.807) is 39.2 Å². The SMILES string of the molecule is COCC(=O)C(=Cc1cncc(Br)c1)C(=O)OC(C)(C)C. The van der Waals surface area contributed by atoms with Gasteiger partial charge in [-0.3, -0.25) is 9.78 Å². The van der Waals surface area contributed by atoms with Crippen LogP contribution in [0.15, 0.2) is 28.5 Å². The first kappa shape index (κ1) is 17.5. The van der Waals surface area contributed by atoms with Gasteiger partial charge in [-0.25, -0.2) is 4.79 Å². The molecule has 0 aliphatic rings. The molecule has 114 valence electrons. The van der Waals surface area contributed by atoms with E-state index in [0.29, 0.717) is 5.56 Å². The molecule has 5 nitrogen and oxygen atoms in total. The predicted octanol–water partition coefficient (Wildman–Crippen LogP) is 2.78. The number of nitrogens with zero attached hydrogens (tertiary/aromatic N) is 1. The van der Waals surface area contributed by atoms with Crippen molar-refractivity contribution in [2.45, 2.75) is 26.4 Å². The minimum Gasteiger partial charge on any atom is -0.456 e. The molecule has 0 aliphatic heterocycles. The van der Waals surface area contributed by atoms with E-state index in [-0.39, 0.29) is 12.2 Å². The van der Waals surface area contributed by atoms with Crippen molar-refractivity contribution >= 4 is 33.8 Å². The maximum Gasteiger partial charge on any atom is 0.342 e. The van der Waals surface area contributed by atoms with E-state index < -0.39 is 17.4 Å². The van der Waals surface area contributed by atoms with Crippen molar-refractivity contribution in [3.05, 3.63) is 34.1 Å². The van der Waals surface area contributed by atoms with Gasteiger partial charge in [0.2, 0.25) is 0 Å². The summed E-state index contributed by atoms with van der Waals surface area (Å²) in [5.74, 6) is -1.11. The molecule has 0 aromatic carbocycles. The Hall–Kier alpha value is -1.53. The largest absolute Gasteiger partial charge is 0.456 e. The zero-order valence-electron chi connectivity index (χ0n) is 12.5. The first-order chi connectivity index (χ1) is 9.73. The standard InChI is InChI=1S/C15H18BrNO4/c1-15(2,3)21-14(19)12(13(18)9-20-4)6-10-5-11(16)8-17-7-10/h5-8H,9H2,1-4H3. The molecule has 1 heterocycles. The first-order valence-electron chi connectivity index (χ1n) is 6.30. The highest BCUT2D eigenvalue weighted by Gasteiger charge is 2.24. The summed E-state index contributed by atoms with van der Waals surface area (Å²) < 4.78 is 10.8. The lowest BCUT2D eigenvalue weighted by atomic mass is 10.1. The van der Waals surface area contributed by atoms with Crippen molar-refractivity contribution in [2.75, 3.05) is 13.7 Å². The normalized spacial score (nSPS) is 12.1. The minimum absolute atomic E-state index is 0.0633. The number of rotatable bonds is 5.